The molecular weight excluding hydrogens is 275 g/mol. The van der Waals surface area contributed by atoms with E-state index in [1.807, 2.05) is 13.8 Å². The number of rotatable bonds is 4. The van der Waals surface area contributed by atoms with Crippen molar-refractivity contribution in [2.75, 3.05) is 0 Å². The average Bonchev–Trinajstić information content (AvgIpc) is 2.75. The van der Waals surface area contributed by atoms with Gasteiger partial charge in [0, 0.05) is 6.42 Å². The Morgan fingerprint density at radius 2 is 2.00 bits per heavy atom. The second kappa shape index (κ2) is 6.93. The van der Waals surface area contributed by atoms with E-state index in [0.29, 0.717) is 11.9 Å². The van der Waals surface area contributed by atoms with Gasteiger partial charge in [0.2, 0.25) is 0 Å². The first-order valence-electron chi connectivity index (χ1n) is 6.89. The molecule has 21 heavy (non-hydrogen) atoms. The number of benzene rings is 1. The van der Waals surface area contributed by atoms with E-state index >= 15 is 0 Å². The summed E-state index contributed by atoms with van der Waals surface area (Å²) >= 11 is 0. The zero-order chi connectivity index (χ0) is 15.4. The molecule has 0 unspecified atom stereocenters. The van der Waals surface area contributed by atoms with Crippen molar-refractivity contribution in [3.63, 3.8) is 0 Å². The molecule has 3 atom stereocenters. The van der Waals surface area contributed by atoms with Gasteiger partial charge in [-0.2, -0.15) is 0 Å². The van der Waals surface area contributed by atoms with Gasteiger partial charge in [0.05, 0.1) is 12.2 Å². The van der Waals surface area contributed by atoms with Gasteiger partial charge in [0.1, 0.15) is 12.7 Å². The molecule has 0 spiro atoms. The lowest BCUT2D eigenvalue weighted by Crippen LogP contribution is -2.29. The van der Waals surface area contributed by atoms with Gasteiger partial charge in [-0.05, 0) is 24.9 Å². The molecule has 6 nitrogen and oxygen atoms in total. The molecule has 1 fully saturated rings. The van der Waals surface area contributed by atoms with Gasteiger partial charge in [-0.1, -0.05) is 24.3 Å². The lowest BCUT2D eigenvalue weighted by atomic mass is 9.80. The van der Waals surface area contributed by atoms with Crippen LogP contribution in [0.2, 0.25) is 0 Å². The van der Waals surface area contributed by atoms with E-state index < -0.39 is 13.3 Å². The Labute approximate surface area is 123 Å². The summed E-state index contributed by atoms with van der Waals surface area (Å²) in [6.07, 6.45) is -0.386. The zero-order valence-corrected chi connectivity index (χ0v) is 12.1. The minimum absolute atomic E-state index is 0.0676. The summed E-state index contributed by atoms with van der Waals surface area (Å²) in [6, 6.07) is 6.43. The first-order chi connectivity index (χ1) is 9.95. The van der Waals surface area contributed by atoms with Gasteiger partial charge >= 0.3 is 13.3 Å². The second-order valence-electron chi connectivity index (χ2n) is 5.20. The molecule has 1 aliphatic rings. The van der Waals surface area contributed by atoms with Crippen LogP contribution in [-0.2, 0) is 20.8 Å². The van der Waals surface area contributed by atoms with Gasteiger partial charge in [0.15, 0.2) is 0 Å². The summed E-state index contributed by atoms with van der Waals surface area (Å²) < 4.78 is 15.7. The van der Waals surface area contributed by atoms with Crippen molar-refractivity contribution in [2.24, 2.45) is 0 Å². The van der Waals surface area contributed by atoms with Gasteiger partial charge in [-0.3, -0.25) is 0 Å². The van der Waals surface area contributed by atoms with E-state index in [9.17, 15) is 4.79 Å². The van der Waals surface area contributed by atoms with Crippen LogP contribution in [-0.4, -0.2) is 41.6 Å². The van der Waals surface area contributed by atoms with E-state index in [1.165, 1.54) is 0 Å². The Balaban J connectivity index is 1.78. The molecule has 1 aromatic rings. The minimum Gasteiger partial charge on any atom is -0.429 e. The van der Waals surface area contributed by atoms with Gasteiger partial charge < -0.3 is 24.3 Å². The number of carbonyl (C=O) groups is 1. The molecule has 2 N–H and O–H groups in total. The van der Waals surface area contributed by atoms with Crippen LogP contribution in [0.25, 0.3) is 0 Å². The van der Waals surface area contributed by atoms with Crippen LogP contribution in [0, 0.1) is 0 Å². The molecule has 0 saturated carbocycles. The van der Waals surface area contributed by atoms with Crippen molar-refractivity contribution < 1.29 is 29.1 Å². The molecule has 1 aromatic carbocycles. The summed E-state index contributed by atoms with van der Waals surface area (Å²) in [6.45, 7) is 3.86. The third kappa shape index (κ3) is 4.45. The Morgan fingerprint density at radius 3 is 2.52 bits per heavy atom. The van der Waals surface area contributed by atoms with E-state index in [0.717, 1.165) is 5.56 Å². The molecule has 114 valence electrons. The van der Waals surface area contributed by atoms with E-state index in [1.54, 1.807) is 24.3 Å². The highest BCUT2D eigenvalue weighted by atomic mass is 16.7. The van der Waals surface area contributed by atoms with Gasteiger partial charge in [-0.25, -0.2) is 4.79 Å². The zero-order valence-electron chi connectivity index (χ0n) is 12.1. The van der Waals surface area contributed by atoms with Crippen LogP contribution < -0.4 is 5.46 Å². The van der Waals surface area contributed by atoms with Gasteiger partial charge in [0.25, 0.3) is 0 Å². The predicted octanol–water partition coefficient (Wildman–Crippen LogP) is 0.585. The maximum atomic E-state index is 11.6. The van der Waals surface area contributed by atoms with Crippen LogP contribution in [0.5, 0.6) is 0 Å². The van der Waals surface area contributed by atoms with Crippen LogP contribution in [0.3, 0.4) is 0 Å². The molecule has 0 radical (unpaired) electrons. The van der Waals surface area contributed by atoms with Crippen molar-refractivity contribution in [3.05, 3.63) is 29.8 Å². The van der Waals surface area contributed by atoms with E-state index in [2.05, 4.69) is 0 Å². The van der Waals surface area contributed by atoms with Crippen molar-refractivity contribution in [2.45, 2.75) is 45.2 Å². The Hall–Kier alpha value is -1.57. The van der Waals surface area contributed by atoms with Crippen LogP contribution in [0.15, 0.2) is 24.3 Å². The Bertz CT molecular complexity index is 475. The third-order valence-corrected chi connectivity index (χ3v) is 3.42. The summed E-state index contributed by atoms with van der Waals surface area (Å²) in [4.78, 5) is 11.6. The topological polar surface area (TPSA) is 85.2 Å². The monoisotopic (exact) mass is 294 g/mol. The van der Waals surface area contributed by atoms with Crippen LogP contribution >= 0.6 is 0 Å². The summed E-state index contributed by atoms with van der Waals surface area (Å²) in [5.74, 6) is 0. The smallest absolute Gasteiger partial charge is 0.429 e. The highest BCUT2D eigenvalue weighted by Crippen LogP contribution is 2.22. The van der Waals surface area contributed by atoms with Crippen LogP contribution in [0.4, 0.5) is 4.79 Å². The Morgan fingerprint density at radius 1 is 1.33 bits per heavy atom. The molecule has 1 heterocycles. The average molecular weight is 294 g/mol. The molecule has 1 saturated heterocycles. The normalized spacial score (nSPS) is 24.7. The summed E-state index contributed by atoms with van der Waals surface area (Å²) in [7, 11) is -1.50. The lowest BCUT2D eigenvalue weighted by molar-refractivity contribution is -0.0141. The fraction of sp³-hybridized carbons (Fsp3) is 0.500. The lowest BCUT2D eigenvalue weighted by Gasteiger charge is -2.14. The Kier molecular flexibility index (Phi) is 5.22. The standard InChI is InChI=1S/C14H19BO6/c1-9-7-13(10(2)20-9)21-14(16)19-8-11-3-5-12(6-4-11)15(17)18/h3-6,9-10,13,17-18H,7-8H2,1-2H3/t9-,10+,13+/m0/s1. The molecule has 2 rings (SSSR count). The number of carbonyl (C=O) groups excluding carboxylic acids is 1. The van der Waals surface area contributed by atoms with Crippen molar-refractivity contribution in [1.82, 2.24) is 0 Å². The number of hydrogen-bond donors (Lipinski definition) is 2. The minimum atomic E-state index is -1.50. The number of ether oxygens (including phenoxy) is 3. The maximum Gasteiger partial charge on any atom is 0.508 e. The van der Waals surface area contributed by atoms with Crippen molar-refractivity contribution >= 4 is 18.7 Å². The summed E-state index contributed by atoms with van der Waals surface area (Å²) in [5.41, 5.74) is 1.12. The largest absolute Gasteiger partial charge is 0.508 e. The van der Waals surface area contributed by atoms with Gasteiger partial charge in [-0.15, -0.1) is 0 Å². The van der Waals surface area contributed by atoms with E-state index in [4.69, 9.17) is 24.3 Å². The quantitative estimate of drug-likeness (QED) is 0.624. The van der Waals surface area contributed by atoms with E-state index in [-0.39, 0.29) is 24.9 Å². The highest BCUT2D eigenvalue weighted by molar-refractivity contribution is 6.58. The molecule has 0 bridgehead atoms. The molecule has 0 aromatic heterocycles. The molecule has 7 heteroatoms. The first kappa shape index (κ1) is 15.8. The van der Waals surface area contributed by atoms with Crippen LogP contribution in [0.1, 0.15) is 25.8 Å². The molecule has 1 aliphatic heterocycles. The molecule has 0 aliphatic carbocycles. The molecule has 0 amide bonds. The fourth-order valence-electron chi connectivity index (χ4n) is 2.26. The fourth-order valence-corrected chi connectivity index (χ4v) is 2.26. The first-order valence-corrected chi connectivity index (χ1v) is 6.89. The van der Waals surface area contributed by atoms with Crippen molar-refractivity contribution in [1.29, 1.82) is 0 Å². The summed E-state index contributed by atoms with van der Waals surface area (Å²) in [5, 5.41) is 18.0. The SMILES string of the molecule is C[C@H]1C[C@@H](OC(=O)OCc2ccc(B(O)O)cc2)[C@@H](C)O1. The second-order valence-corrected chi connectivity index (χ2v) is 5.20. The molecular formula is C14H19BO6. The third-order valence-electron chi connectivity index (χ3n) is 3.42. The highest BCUT2D eigenvalue weighted by Gasteiger charge is 2.33. The maximum absolute atomic E-state index is 11.6. The van der Waals surface area contributed by atoms with Crippen molar-refractivity contribution in [3.8, 4) is 0 Å². The number of hydrogen-bond acceptors (Lipinski definition) is 6. The predicted molar refractivity (Wildman–Crippen MR) is 76.0 cm³/mol.